The summed E-state index contributed by atoms with van der Waals surface area (Å²) in [5, 5.41) is 9.81. The molecule has 0 radical (unpaired) electrons. The maximum absolute atomic E-state index is 12.4. The van der Waals surface area contributed by atoms with Crippen molar-refractivity contribution in [3.8, 4) is 0 Å². The Kier molecular flexibility index (Phi) is 6.96. The van der Waals surface area contributed by atoms with Crippen molar-refractivity contribution < 1.29 is 14.3 Å². The van der Waals surface area contributed by atoms with E-state index in [1.807, 2.05) is 55.7 Å². The van der Waals surface area contributed by atoms with E-state index in [-0.39, 0.29) is 11.7 Å². The van der Waals surface area contributed by atoms with E-state index in [2.05, 4.69) is 57.2 Å². The molecule has 3 N–H and O–H groups in total. The number of hydrogen-bond donors (Lipinski definition) is 3. The molecule has 39 heavy (non-hydrogen) atoms. The van der Waals surface area contributed by atoms with Crippen molar-refractivity contribution in [3.63, 3.8) is 0 Å². The third-order valence-corrected chi connectivity index (χ3v) is 7.35. The van der Waals surface area contributed by atoms with Crippen LogP contribution < -0.4 is 20.9 Å². The number of nitrogens with zero attached hydrogens (tertiary/aromatic N) is 2. The van der Waals surface area contributed by atoms with Crippen molar-refractivity contribution in [2.45, 2.75) is 18.6 Å². The van der Waals surface area contributed by atoms with Gasteiger partial charge in [-0.3, -0.25) is 4.79 Å². The Balaban J connectivity index is 1.00. The van der Waals surface area contributed by atoms with Crippen LogP contribution in [0.1, 0.15) is 23.3 Å². The molecule has 0 atom stereocenters. The Labute approximate surface area is 228 Å². The molecular formula is C31H33N5O3. The molecule has 2 saturated heterocycles. The summed E-state index contributed by atoms with van der Waals surface area (Å²) in [6.45, 7) is 3.29. The lowest BCUT2D eigenvalue weighted by Gasteiger charge is -2.38. The van der Waals surface area contributed by atoms with Crippen LogP contribution in [0.3, 0.4) is 0 Å². The van der Waals surface area contributed by atoms with Crippen molar-refractivity contribution in [1.82, 2.24) is 4.57 Å². The number of aromatic nitrogens is 1. The molecule has 0 bridgehead atoms. The number of aryl methyl sites for hydroxylation is 1. The fraction of sp³-hybridized carbons (Fsp3) is 0.258. The van der Waals surface area contributed by atoms with Crippen LogP contribution in [0.25, 0.3) is 0 Å². The Morgan fingerprint density at radius 2 is 1.21 bits per heavy atom. The van der Waals surface area contributed by atoms with Crippen LogP contribution in [0.5, 0.6) is 0 Å². The summed E-state index contributed by atoms with van der Waals surface area (Å²) in [6, 6.07) is 28.1. The molecule has 3 aromatic carbocycles. The molecule has 3 heterocycles. The number of rotatable bonds is 7. The van der Waals surface area contributed by atoms with Gasteiger partial charge in [-0.05, 0) is 84.9 Å². The lowest BCUT2D eigenvalue weighted by molar-refractivity contribution is -0.169. The van der Waals surface area contributed by atoms with Crippen LogP contribution in [0.15, 0.2) is 91.1 Å². The molecule has 0 unspecified atom stereocenters. The minimum Gasteiger partial charge on any atom is -0.371 e. The van der Waals surface area contributed by atoms with E-state index in [0.717, 1.165) is 54.4 Å². The molecule has 2 aliphatic rings. The highest BCUT2D eigenvalue weighted by Crippen LogP contribution is 2.33. The fourth-order valence-corrected chi connectivity index (χ4v) is 5.15. The normalized spacial score (nSPS) is 16.3. The first-order valence-electron chi connectivity index (χ1n) is 13.4. The number of piperidine rings is 1. The van der Waals surface area contributed by atoms with Crippen LogP contribution in [-0.4, -0.2) is 42.6 Å². The first-order chi connectivity index (χ1) is 19.1. The number of amides is 1. The van der Waals surface area contributed by atoms with Gasteiger partial charge in [-0.25, -0.2) is 0 Å². The molecule has 4 aromatic rings. The number of carbonyl (C=O) groups is 1. The zero-order valence-electron chi connectivity index (χ0n) is 22.0. The lowest BCUT2D eigenvalue weighted by atomic mass is 10.0. The van der Waals surface area contributed by atoms with Crippen molar-refractivity contribution in [2.24, 2.45) is 7.05 Å². The fourth-order valence-electron chi connectivity index (χ4n) is 5.15. The zero-order valence-corrected chi connectivity index (χ0v) is 22.0. The van der Waals surface area contributed by atoms with E-state index in [0.29, 0.717) is 18.9 Å². The van der Waals surface area contributed by atoms with Crippen LogP contribution in [-0.2, 0) is 16.5 Å². The molecule has 0 saturated carbocycles. The standard InChI is InChI=1S/C31H33N5O3/c1-35-18-2-3-29(35)30(37)34-27-10-8-25(9-11-27)32-23-4-6-24(7-5-23)33-26-12-14-28(15-13-26)36-19-16-31(17-20-36)38-21-22-39-31/h2-15,18,32-33H,16-17,19-22H2,1H3,(H,34,37). The predicted molar refractivity (Wildman–Crippen MR) is 155 cm³/mol. The minimum absolute atomic E-state index is 0.130. The second-order valence-corrected chi connectivity index (χ2v) is 10.0. The number of benzene rings is 3. The highest BCUT2D eigenvalue weighted by molar-refractivity contribution is 6.03. The second-order valence-electron chi connectivity index (χ2n) is 10.0. The minimum atomic E-state index is -0.345. The molecule has 1 amide bonds. The monoisotopic (exact) mass is 523 g/mol. The van der Waals surface area contributed by atoms with Gasteiger partial charge < -0.3 is 34.9 Å². The highest BCUT2D eigenvalue weighted by Gasteiger charge is 2.39. The van der Waals surface area contributed by atoms with Crippen LogP contribution in [0.4, 0.5) is 34.1 Å². The number of hydrogen-bond acceptors (Lipinski definition) is 6. The first-order valence-corrected chi connectivity index (χ1v) is 13.4. The van der Waals surface area contributed by atoms with Gasteiger partial charge in [0.15, 0.2) is 5.79 Å². The molecule has 200 valence electrons. The molecule has 0 aliphatic carbocycles. The van der Waals surface area contributed by atoms with E-state index in [9.17, 15) is 4.79 Å². The Morgan fingerprint density at radius 1 is 0.718 bits per heavy atom. The van der Waals surface area contributed by atoms with E-state index in [1.54, 1.807) is 10.6 Å². The largest absolute Gasteiger partial charge is 0.371 e. The van der Waals surface area contributed by atoms with E-state index in [1.165, 1.54) is 5.69 Å². The molecular weight excluding hydrogens is 490 g/mol. The number of anilines is 6. The van der Waals surface area contributed by atoms with Crippen LogP contribution in [0, 0.1) is 0 Å². The van der Waals surface area contributed by atoms with Crippen molar-refractivity contribution in [3.05, 3.63) is 96.8 Å². The topological polar surface area (TPSA) is 79.8 Å². The number of ether oxygens (including phenoxy) is 2. The SMILES string of the molecule is Cn1cccc1C(=O)Nc1ccc(Nc2ccc(Nc3ccc(N4CCC5(CC4)OCCO5)cc3)cc2)cc1. The van der Waals surface area contributed by atoms with E-state index in [4.69, 9.17) is 9.47 Å². The Bertz CT molecular complexity index is 1400. The Hall–Kier alpha value is -4.27. The van der Waals surface area contributed by atoms with Crippen molar-refractivity contribution >= 4 is 40.0 Å². The smallest absolute Gasteiger partial charge is 0.272 e. The predicted octanol–water partition coefficient (Wildman–Crippen LogP) is 6.11. The van der Waals surface area contributed by atoms with Gasteiger partial charge in [-0.15, -0.1) is 0 Å². The molecule has 2 aliphatic heterocycles. The average molecular weight is 524 g/mol. The molecule has 8 nitrogen and oxygen atoms in total. The third kappa shape index (κ3) is 5.77. The molecule has 1 aromatic heterocycles. The van der Waals surface area contributed by atoms with Gasteiger partial charge >= 0.3 is 0 Å². The van der Waals surface area contributed by atoms with E-state index >= 15 is 0 Å². The molecule has 6 rings (SSSR count). The lowest BCUT2D eigenvalue weighted by Crippen LogP contribution is -2.45. The van der Waals surface area contributed by atoms with Gasteiger partial charge in [0, 0.05) is 73.3 Å². The number of carbonyl (C=O) groups excluding carboxylic acids is 1. The maximum atomic E-state index is 12.4. The average Bonchev–Trinajstić information content (AvgIpc) is 3.61. The van der Waals surface area contributed by atoms with Crippen LogP contribution in [0.2, 0.25) is 0 Å². The Morgan fingerprint density at radius 3 is 1.69 bits per heavy atom. The van der Waals surface area contributed by atoms with Gasteiger partial charge in [0.2, 0.25) is 0 Å². The quantitative estimate of drug-likeness (QED) is 0.271. The van der Waals surface area contributed by atoms with Crippen molar-refractivity contribution in [1.29, 1.82) is 0 Å². The van der Waals surface area contributed by atoms with Gasteiger partial charge in [-0.1, -0.05) is 0 Å². The third-order valence-electron chi connectivity index (χ3n) is 7.35. The summed E-state index contributed by atoms with van der Waals surface area (Å²) in [5.74, 6) is -0.474. The van der Waals surface area contributed by atoms with Crippen molar-refractivity contribution in [2.75, 3.05) is 47.2 Å². The van der Waals surface area contributed by atoms with Gasteiger partial charge in [0.1, 0.15) is 5.69 Å². The van der Waals surface area contributed by atoms with Crippen LogP contribution >= 0.6 is 0 Å². The zero-order chi connectivity index (χ0) is 26.7. The number of nitrogens with one attached hydrogen (secondary N) is 3. The summed E-state index contributed by atoms with van der Waals surface area (Å²) < 4.78 is 13.5. The van der Waals surface area contributed by atoms with Gasteiger partial charge in [-0.2, -0.15) is 0 Å². The van der Waals surface area contributed by atoms with E-state index < -0.39 is 0 Å². The molecule has 1 spiro atoms. The summed E-state index contributed by atoms with van der Waals surface area (Å²) in [7, 11) is 1.85. The molecule has 2 fully saturated rings. The summed E-state index contributed by atoms with van der Waals surface area (Å²) in [6.07, 6.45) is 3.66. The second kappa shape index (κ2) is 10.8. The summed E-state index contributed by atoms with van der Waals surface area (Å²) in [4.78, 5) is 14.8. The summed E-state index contributed by atoms with van der Waals surface area (Å²) in [5.41, 5.74) is 6.57. The molecule has 8 heteroatoms. The maximum Gasteiger partial charge on any atom is 0.272 e. The highest BCUT2D eigenvalue weighted by atomic mass is 16.7. The first kappa shape index (κ1) is 25.0. The summed E-state index contributed by atoms with van der Waals surface area (Å²) >= 11 is 0. The van der Waals surface area contributed by atoms with Gasteiger partial charge in [0.05, 0.1) is 13.2 Å². The van der Waals surface area contributed by atoms with Gasteiger partial charge in [0.25, 0.3) is 5.91 Å².